The molecule has 1 aliphatic heterocycles. The number of nitrogens with zero attached hydrogens (tertiary/aromatic N) is 1. The standard InChI is InChI=1S/C17H18BrN/c18-16-9-4-8-15(12-16)17-10-5-11-19(17)13-14-6-2-1-3-7-14/h1-4,6-9,12,17H,5,10-11,13H2. The zero-order chi connectivity index (χ0) is 13.1. The maximum atomic E-state index is 3.58. The van der Waals surface area contributed by atoms with Gasteiger partial charge in [-0.05, 0) is 42.6 Å². The van der Waals surface area contributed by atoms with Crippen LogP contribution in [0.1, 0.15) is 30.0 Å². The van der Waals surface area contributed by atoms with Crippen molar-refractivity contribution >= 4 is 15.9 Å². The van der Waals surface area contributed by atoms with Gasteiger partial charge in [-0.2, -0.15) is 0 Å². The summed E-state index contributed by atoms with van der Waals surface area (Å²) >= 11 is 3.58. The first-order valence-electron chi connectivity index (χ1n) is 6.86. The number of hydrogen-bond donors (Lipinski definition) is 0. The molecule has 1 fully saturated rings. The van der Waals surface area contributed by atoms with E-state index in [4.69, 9.17) is 0 Å². The fraction of sp³-hybridized carbons (Fsp3) is 0.294. The molecular weight excluding hydrogens is 298 g/mol. The lowest BCUT2D eigenvalue weighted by molar-refractivity contribution is 0.248. The Hall–Kier alpha value is -1.12. The summed E-state index contributed by atoms with van der Waals surface area (Å²) in [6.07, 6.45) is 2.56. The molecule has 2 heteroatoms. The number of hydrogen-bond acceptors (Lipinski definition) is 1. The van der Waals surface area contributed by atoms with Gasteiger partial charge in [-0.15, -0.1) is 0 Å². The van der Waals surface area contributed by atoms with Gasteiger partial charge >= 0.3 is 0 Å². The van der Waals surface area contributed by atoms with Crippen LogP contribution in [-0.4, -0.2) is 11.4 Å². The number of likely N-dealkylation sites (tertiary alicyclic amines) is 1. The largest absolute Gasteiger partial charge is 0.292 e. The van der Waals surface area contributed by atoms with Crippen LogP contribution in [0.15, 0.2) is 59.1 Å². The van der Waals surface area contributed by atoms with Crippen LogP contribution in [0.4, 0.5) is 0 Å². The van der Waals surface area contributed by atoms with Crippen LogP contribution in [0, 0.1) is 0 Å². The van der Waals surface area contributed by atoms with Gasteiger partial charge in [0, 0.05) is 17.1 Å². The maximum absolute atomic E-state index is 3.58. The molecule has 0 radical (unpaired) electrons. The van der Waals surface area contributed by atoms with Crippen LogP contribution >= 0.6 is 15.9 Å². The van der Waals surface area contributed by atoms with E-state index in [1.165, 1.54) is 35.0 Å². The molecule has 1 atom stereocenters. The summed E-state index contributed by atoms with van der Waals surface area (Å²) in [6, 6.07) is 20.1. The monoisotopic (exact) mass is 315 g/mol. The lowest BCUT2D eigenvalue weighted by Gasteiger charge is -2.25. The Morgan fingerprint density at radius 2 is 1.89 bits per heavy atom. The predicted molar refractivity (Wildman–Crippen MR) is 83.0 cm³/mol. The highest BCUT2D eigenvalue weighted by molar-refractivity contribution is 9.10. The van der Waals surface area contributed by atoms with Crippen LogP contribution in [0.3, 0.4) is 0 Å². The molecule has 0 saturated carbocycles. The second-order valence-electron chi connectivity index (χ2n) is 5.17. The average Bonchev–Trinajstić information content (AvgIpc) is 2.88. The Labute approximate surface area is 123 Å². The van der Waals surface area contributed by atoms with Gasteiger partial charge in [-0.1, -0.05) is 58.4 Å². The molecule has 98 valence electrons. The Morgan fingerprint density at radius 3 is 2.68 bits per heavy atom. The summed E-state index contributed by atoms with van der Waals surface area (Å²) in [5, 5.41) is 0. The van der Waals surface area contributed by atoms with Gasteiger partial charge in [-0.3, -0.25) is 4.90 Å². The van der Waals surface area contributed by atoms with Crippen molar-refractivity contribution in [3.63, 3.8) is 0 Å². The van der Waals surface area contributed by atoms with Crippen molar-refractivity contribution in [1.82, 2.24) is 4.90 Å². The molecule has 1 saturated heterocycles. The molecule has 0 spiro atoms. The van der Waals surface area contributed by atoms with E-state index in [1.807, 2.05) is 0 Å². The van der Waals surface area contributed by atoms with Gasteiger partial charge in [0.25, 0.3) is 0 Å². The van der Waals surface area contributed by atoms with Crippen LogP contribution in [-0.2, 0) is 6.54 Å². The Balaban J connectivity index is 1.78. The molecule has 2 aromatic rings. The van der Waals surface area contributed by atoms with Crippen molar-refractivity contribution in [1.29, 1.82) is 0 Å². The molecule has 0 amide bonds. The van der Waals surface area contributed by atoms with E-state index in [0.29, 0.717) is 6.04 Å². The zero-order valence-electron chi connectivity index (χ0n) is 10.9. The smallest absolute Gasteiger partial charge is 0.0352 e. The first kappa shape index (κ1) is 12.9. The average molecular weight is 316 g/mol. The Kier molecular flexibility index (Phi) is 4.00. The SMILES string of the molecule is Brc1cccc(C2CCCN2Cc2ccccc2)c1. The molecule has 19 heavy (non-hydrogen) atoms. The van der Waals surface area contributed by atoms with E-state index >= 15 is 0 Å². The highest BCUT2D eigenvalue weighted by atomic mass is 79.9. The molecule has 3 rings (SSSR count). The lowest BCUT2D eigenvalue weighted by Crippen LogP contribution is -2.22. The number of benzene rings is 2. The van der Waals surface area contributed by atoms with Crippen molar-refractivity contribution in [2.24, 2.45) is 0 Å². The molecule has 1 nitrogen and oxygen atoms in total. The minimum absolute atomic E-state index is 0.567. The van der Waals surface area contributed by atoms with Gasteiger partial charge < -0.3 is 0 Å². The maximum Gasteiger partial charge on any atom is 0.0352 e. The minimum atomic E-state index is 0.567. The van der Waals surface area contributed by atoms with Gasteiger partial charge in [0.05, 0.1) is 0 Å². The fourth-order valence-corrected chi connectivity index (χ4v) is 3.34. The second-order valence-corrected chi connectivity index (χ2v) is 6.08. The summed E-state index contributed by atoms with van der Waals surface area (Å²) < 4.78 is 1.18. The van der Waals surface area contributed by atoms with Crippen molar-refractivity contribution in [3.8, 4) is 0 Å². The summed E-state index contributed by atoms with van der Waals surface area (Å²) in [4.78, 5) is 2.59. The van der Waals surface area contributed by atoms with Crippen molar-refractivity contribution < 1.29 is 0 Å². The highest BCUT2D eigenvalue weighted by Crippen LogP contribution is 2.34. The summed E-state index contributed by atoms with van der Waals surface area (Å²) in [7, 11) is 0. The van der Waals surface area contributed by atoms with Crippen LogP contribution in [0.5, 0.6) is 0 Å². The molecule has 0 aliphatic carbocycles. The third-order valence-corrected chi connectivity index (χ3v) is 4.32. The third kappa shape index (κ3) is 3.07. The number of halogens is 1. The molecule has 0 N–H and O–H groups in total. The molecule has 1 unspecified atom stereocenters. The minimum Gasteiger partial charge on any atom is -0.292 e. The van der Waals surface area contributed by atoms with Gasteiger partial charge in [0.15, 0.2) is 0 Å². The van der Waals surface area contributed by atoms with Crippen molar-refractivity contribution in [2.75, 3.05) is 6.54 Å². The van der Waals surface area contributed by atoms with Crippen LogP contribution < -0.4 is 0 Å². The van der Waals surface area contributed by atoms with Crippen LogP contribution in [0.2, 0.25) is 0 Å². The lowest BCUT2D eigenvalue weighted by atomic mass is 10.0. The van der Waals surface area contributed by atoms with E-state index in [-0.39, 0.29) is 0 Å². The molecule has 0 aromatic heterocycles. The van der Waals surface area contributed by atoms with Gasteiger partial charge in [0.2, 0.25) is 0 Å². The first-order chi connectivity index (χ1) is 9.33. The number of rotatable bonds is 3. The molecule has 1 aliphatic rings. The summed E-state index contributed by atoms with van der Waals surface area (Å²) in [6.45, 7) is 2.25. The quantitative estimate of drug-likeness (QED) is 0.787. The second kappa shape index (κ2) is 5.89. The normalized spacial score (nSPS) is 19.7. The van der Waals surface area contributed by atoms with E-state index in [9.17, 15) is 0 Å². The molecule has 2 aromatic carbocycles. The first-order valence-corrected chi connectivity index (χ1v) is 7.66. The molecular formula is C17H18BrN. The zero-order valence-corrected chi connectivity index (χ0v) is 12.5. The predicted octanol–water partition coefficient (Wildman–Crippen LogP) is 4.79. The molecule has 0 bridgehead atoms. The topological polar surface area (TPSA) is 3.24 Å². The highest BCUT2D eigenvalue weighted by Gasteiger charge is 2.25. The van der Waals surface area contributed by atoms with Gasteiger partial charge in [0.1, 0.15) is 0 Å². The Morgan fingerprint density at radius 1 is 1.05 bits per heavy atom. The van der Waals surface area contributed by atoms with E-state index in [0.717, 1.165) is 6.54 Å². The molecule has 1 heterocycles. The van der Waals surface area contributed by atoms with E-state index < -0.39 is 0 Å². The fourth-order valence-electron chi connectivity index (χ4n) is 2.92. The van der Waals surface area contributed by atoms with Crippen molar-refractivity contribution in [3.05, 3.63) is 70.2 Å². The third-order valence-electron chi connectivity index (χ3n) is 3.83. The van der Waals surface area contributed by atoms with E-state index in [2.05, 4.69) is 75.4 Å². The van der Waals surface area contributed by atoms with Gasteiger partial charge in [-0.25, -0.2) is 0 Å². The van der Waals surface area contributed by atoms with Crippen LogP contribution in [0.25, 0.3) is 0 Å². The van der Waals surface area contributed by atoms with E-state index in [1.54, 1.807) is 0 Å². The summed E-state index contributed by atoms with van der Waals surface area (Å²) in [5.74, 6) is 0. The Bertz CT molecular complexity index is 538. The van der Waals surface area contributed by atoms with Crippen molar-refractivity contribution in [2.45, 2.75) is 25.4 Å². The summed E-state index contributed by atoms with van der Waals surface area (Å²) in [5.41, 5.74) is 2.84.